The fraction of sp³-hybridized carbons (Fsp3) is 0.438. The van der Waals surface area contributed by atoms with E-state index in [2.05, 4.69) is 5.32 Å². The number of ether oxygens (including phenoxy) is 1. The predicted octanol–water partition coefficient (Wildman–Crippen LogP) is 2.77. The summed E-state index contributed by atoms with van der Waals surface area (Å²) < 4.78 is 5.01. The zero-order valence-electron chi connectivity index (χ0n) is 12.5. The van der Waals surface area contributed by atoms with Gasteiger partial charge in [0, 0.05) is 20.2 Å². The van der Waals surface area contributed by atoms with E-state index in [-0.39, 0.29) is 12.1 Å². The summed E-state index contributed by atoms with van der Waals surface area (Å²) in [5.74, 6) is 0. The molecule has 1 rings (SSSR count). The van der Waals surface area contributed by atoms with E-state index in [1.54, 1.807) is 12.0 Å². The summed E-state index contributed by atoms with van der Waals surface area (Å²) in [5.41, 5.74) is 1.14. The second kappa shape index (κ2) is 9.15. The van der Waals surface area contributed by atoms with Gasteiger partial charge in [0.15, 0.2) is 0 Å². The molecule has 1 N–H and O–H groups in total. The minimum Gasteiger partial charge on any atom is -0.383 e. The highest BCUT2D eigenvalue weighted by molar-refractivity contribution is 5.74. The van der Waals surface area contributed by atoms with E-state index in [0.29, 0.717) is 19.7 Å². The topological polar surface area (TPSA) is 41.6 Å². The van der Waals surface area contributed by atoms with Crippen LogP contribution in [0.4, 0.5) is 4.79 Å². The molecule has 20 heavy (non-hydrogen) atoms. The maximum atomic E-state index is 12.0. The molecule has 1 atom stereocenters. The van der Waals surface area contributed by atoms with E-state index >= 15 is 0 Å². The van der Waals surface area contributed by atoms with Crippen LogP contribution in [0, 0.1) is 0 Å². The maximum Gasteiger partial charge on any atom is 0.317 e. The number of nitrogens with zero attached hydrogens (tertiary/aromatic N) is 1. The summed E-state index contributed by atoms with van der Waals surface area (Å²) in [7, 11) is 1.63. The van der Waals surface area contributed by atoms with Crippen molar-refractivity contribution in [2.45, 2.75) is 19.9 Å². The van der Waals surface area contributed by atoms with Crippen LogP contribution in [-0.4, -0.2) is 43.8 Å². The number of carbonyl (C=O) groups excluding carboxylic acids is 1. The maximum absolute atomic E-state index is 12.0. The highest BCUT2D eigenvalue weighted by atomic mass is 16.5. The molecule has 0 aliphatic heterocycles. The predicted molar refractivity (Wildman–Crippen MR) is 82.6 cm³/mol. The molecule has 110 valence electrons. The molecule has 0 aliphatic carbocycles. The number of hydrogen-bond acceptors (Lipinski definition) is 2. The second-order valence-electron chi connectivity index (χ2n) is 4.66. The van der Waals surface area contributed by atoms with E-state index in [4.69, 9.17) is 4.74 Å². The summed E-state index contributed by atoms with van der Waals surface area (Å²) in [6.07, 6.45) is 4.02. The fourth-order valence-corrected chi connectivity index (χ4v) is 1.83. The van der Waals surface area contributed by atoms with Crippen LogP contribution >= 0.6 is 0 Å². The van der Waals surface area contributed by atoms with E-state index in [1.165, 1.54) is 0 Å². The van der Waals surface area contributed by atoms with Crippen molar-refractivity contribution in [1.82, 2.24) is 10.2 Å². The first-order chi connectivity index (χ1) is 9.67. The van der Waals surface area contributed by atoms with Gasteiger partial charge in [0.05, 0.1) is 12.6 Å². The molecule has 0 saturated carbocycles. The van der Waals surface area contributed by atoms with Crippen molar-refractivity contribution >= 4 is 12.1 Å². The monoisotopic (exact) mass is 276 g/mol. The Hall–Kier alpha value is -1.81. The zero-order chi connectivity index (χ0) is 14.8. The van der Waals surface area contributed by atoms with Gasteiger partial charge in [0.2, 0.25) is 0 Å². The smallest absolute Gasteiger partial charge is 0.317 e. The number of carbonyl (C=O) groups is 1. The second-order valence-corrected chi connectivity index (χ2v) is 4.66. The van der Waals surface area contributed by atoms with Crippen LogP contribution in [0.15, 0.2) is 36.4 Å². The molecule has 1 aromatic rings. The summed E-state index contributed by atoms with van der Waals surface area (Å²) >= 11 is 0. The van der Waals surface area contributed by atoms with E-state index < -0.39 is 0 Å². The minimum atomic E-state index is -0.0604. The standard InChI is InChI=1S/C16H24N2O2/c1-4-18(16(19)17-14(2)13-20-3)12-8-11-15-9-6-5-7-10-15/h5-11,14H,4,12-13H2,1-3H3,(H,17,19)/b11-8+/t14-/m0/s1. The molecule has 1 aromatic carbocycles. The molecular formula is C16H24N2O2. The van der Waals surface area contributed by atoms with Gasteiger partial charge >= 0.3 is 6.03 Å². The number of nitrogens with one attached hydrogen (secondary N) is 1. The zero-order valence-corrected chi connectivity index (χ0v) is 12.5. The Morgan fingerprint density at radius 1 is 1.40 bits per heavy atom. The third kappa shape index (κ3) is 5.89. The van der Waals surface area contributed by atoms with Crippen molar-refractivity contribution < 1.29 is 9.53 Å². The molecule has 0 aromatic heterocycles. The van der Waals surface area contributed by atoms with Gasteiger partial charge in [-0.3, -0.25) is 0 Å². The van der Waals surface area contributed by atoms with Crippen molar-refractivity contribution in [1.29, 1.82) is 0 Å². The van der Waals surface area contributed by atoms with E-state index in [9.17, 15) is 4.79 Å². The van der Waals surface area contributed by atoms with Crippen LogP contribution in [0.2, 0.25) is 0 Å². The Morgan fingerprint density at radius 2 is 2.10 bits per heavy atom. The van der Waals surface area contributed by atoms with Gasteiger partial charge in [-0.05, 0) is 19.4 Å². The summed E-state index contributed by atoms with van der Waals surface area (Å²) in [4.78, 5) is 13.8. The number of likely N-dealkylation sites (N-methyl/N-ethyl adjacent to an activating group) is 1. The van der Waals surface area contributed by atoms with Gasteiger partial charge in [-0.2, -0.15) is 0 Å². The SMILES string of the molecule is CCN(C/C=C/c1ccccc1)C(=O)N[C@@H](C)COC. The molecule has 0 aliphatic rings. The Morgan fingerprint density at radius 3 is 2.70 bits per heavy atom. The number of benzene rings is 1. The van der Waals surface area contributed by atoms with Gasteiger partial charge in [-0.15, -0.1) is 0 Å². The third-order valence-electron chi connectivity index (χ3n) is 2.89. The van der Waals surface area contributed by atoms with E-state index in [1.807, 2.05) is 56.3 Å². The molecule has 0 spiro atoms. The number of urea groups is 1. The quantitative estimate of drug-likeness (QED) is 0.832. The molecule has 0 saturated heterocycles. The molecule has 0 fully saturated rings. The number of rotatable bonds is 7. The Labute approximate surface area is 121 Å². The lowest BCUT2D eigenvalue weighted by atomic mass is 10.2. The van der Waals surface area contributed by atoms with E-state index in [0.717, 1.165) is 5.56 Å². The van der Waals surface area contributed by atoms with Crippen LogP contribution in [0.1, 0.15) is 19.4 Å². The highest BCUT2D eigenvalue weighted by Gasteiger charge is 2.12. The van der Waals surface area contributed by atoms with Gasteiger partial charge in [0.1, 0.15) is 0 Å². The Kier molecular flexibility index (Phi) is 7.43. The van der Waals surface area contributed by atoms with Crippen LogP contribution in [0.5, 0.6) is 0 Å². The Balaban J connectivity index is 2.46. The van der Waals surface area contributed by atoms with Gasteiger partial charge in [-0.1, -0.05) is 42.5 Å². The lowest BCUT2D eigenvalue weighted by Gasteiger charge is -2.22. The molecular weight excluding hydrogens is 252 g/mol. The van der Waals surface area contributed by atoms with Crippen LogP contribution in [0.25, 0.3) is 6.08 Å². The molecule has 4 nitrogen and oxygen atoms in total. The van der Waals surface area contributed by atoms with Gasteiger partial charge in [0.25, 0.3) is 0 Å². The normalized spacial score (nSPS) is 12.3. The molecule has 0 unspecified atom stereocenters. The largest absolute Gasteiger partial charge is 0.383 e. The first-order valence-corrected chi connectivity index (χ1v) is 6.93. The van der Waals surface area contributed by atoms with Crippen LogP contribution in [-0.2, 0) is 4.74 Å². The summed E-state index contributed by atoms with van der Waals surface area (Å²) in [6, 6.07) is 10.0. The Bertz CT molecular complexity index is 418. The summed E-state index contributed by atoms with van der Waals surface area (Å²) in [5, 5.41) is 2.91. The van der Waals surface area contributed by atoms with Crippen molar-refractivity contribution in [3.63, 3.8) is 0 Å². The third-order valence-corrected chi connectivity index (χ3v) is 2.89. The molecule has 4 heteroatoms. The molecule has 0 radical (unpaired) electrons. The average Bonchev–Trinajstić information content (AvgIpc) is 2.44. The van der Waals surface area contributed by atoms with Crippen molar-refractivity contribution in [3.05, 3.63) is 42.0 Å². The van der Waals surface area contributed by atoms with Crippen molar-refractivity contribution in [3.8, 4) is 0 Å². The number of amides is 2. The van der Waals surface area contributed by atoms with Crippen molar-refractivity contribution in [2.75, 3.05) is 26.8 Å². The van der Waals surface area contributed by atoms with Gasteiger partial charge in [-0.25, -0.2) is 4.79 Å². The van der Waals surface area contributed by atoms with Gasteiger partial charge < -0.3 is 15.0 Å². The van der Waals surface area contributed by atoms with Crippen molar-refractivity contribution in [2.24, 2.45) is 0 Å². The minimum absolute atomic E-state index is 0.0136. The van der Waals surface area contributed by atoms with Crippen LogP contribution in [0.3, 0.4) is 0 Å². The number of hydrogen-bond donors (Lipinski definition) is 1. The lowest BCUT2D eigenvalue weighted by Crippen LogP contribution is -2.45. The van der Waals surface area contributed by atoms with Crippen LogP contribution < -0.4 is 5.32 Å². The fourth-order valence-electron chi connectivity index (χ4n) is 1.83. The summed E-state index contributed by atoms with van der Waals surface area (Å²) in [6.45, 7) is 5.68. The highest BCUT2D eigenvalue weighted by Crippen LogP contribution is 2.01. The number of methoxy groups -OCH3 is 1. The lowest BCUT2D eigenvalue weighted by molar-refractivity contribution is 0.162. The molecule has 0 bridgehead atoms. The first kappa shape index (κ1) is 16.2. The molecule has 2 amide bonds. The average molecular weight is 276 g/mol. The first-order valence-electron chi connectivity index (χ1n) is 6.93. The molecule has 0 heterocycles.